The molecule has 462 valence electrons. The summed E-state index contributed by atoms with van der Waals surface area (Å²) < 4.78 is 432. The van der Waals surface area contributed by atoms with Gasteiger partial charge >= 0.3 is 67.9 Å². The smallest absolute Gasteiger partial charge is 0.369 e. The van der Waals surface area contributed by atoms with Gasteiger partial charge in [0.2, 0.25) is 0 Å². The number of aliphatic hydroxyl groups is 3. The minimum atomic E-state index is -6.93. The van der Waals surface area contributed by atoms with Crippen LogP contribution < -0.4 is 0 Å². The van der Waals surface area contributed by atoms with Gasteiger partial charge in [0.25, 0.3) is 16.8 Å². The molecular formula is C44H37F33O3. The van der Waals surface area contributed by atoms with Crippen LogP contribution >= 0.6 is 0 Å². The van der Waals surface area contributed by atoms with Crippen molar-refractivity contribution in [1.82, 2.24) is 0 Å². The van der Waals surface area contributed by atoms with Crippen LogP contribution in [0.4, 0.5) is 145 Å². The van der Waals surface area contributed by atoms with Crippen molar-refractivity contribution in [2.45, 2.75) is 163 Å². The molecule has 0 aliphatic rings. The molecule has 0 heterocycles. The quantitative estimate of drug-likeness (QED) is 0.187. The summed E-state index contributed by atoms with van der Waals surface area (Å²) in [4.78, 5) is 0. The number of halogens is 33. The Morgan fingerprint density at radius 2 is 0.562 bits per heavy atom. The van der Waals surface area contributed by atoms with Gasteiger partial charge in [-0.1, -0.05) is 65.8 Å². The summed E-state index contributed by atoms with van der Waals surface area (Å²) in [5.74, 6) is -2.86. The van der Waals surface area contributed by atoms with Crippen LogP contribution in [0.1, 0.15) is 140 Å². The second-order valence-electron chi connectivity index (χ2n) is 17.3. The van der Waals surface area contributed by atoms with E-state index in [9.17, 15) is 160 Å². The van der Waals surface area contributed by atoms with Gasteiger partial charge in [-0.25, -0.2) is 0 Å². The van der Waals surface area contributed by atoms with E-state index in [1.807, 2.05) is 0 Å². The Bertz CT molecular complexity index is 2480. The number of rotatable bonds is 9. The van der Waals surface area contributed by atoms with Crippen LogP contribution in [-0.2, 0) is 47.7 Å². The Kier molecular flexibility index (Phi) is 21.2. The number of alkyl halides is 33. The summed E-state index contributed by atoms with van der Waals surface area (Å²) in [5, 5.41) is 27.8. The van der Waals surface area contributed by atoms with E-state index in [1.165, 1.54) is 20.8 Å². The first-order valence-electron chi connectivity index (χ1n) is 21.4. The van der Waals surface area contributed by atoms with Crippen molar-refractivity contribution >= 4 is 0 Å². The van der Waals surface area contributed by atoms with Crippen LogP contribution in [0.2, 0.25) is 0 Å². The van der Waals surface area contributed by atoms with Crippen molar-refractivity contribution in [3.05, 3.63) is 104 Å². The maximum absolute atomic E-state index is 13.4. The molecule has 0 aromatic heterocycles. The van der Waals surface area contributed by atoms with Gasteiger partial charge in [-0.3, -0.25) is 0 Å². The summed E-state index contributed by atoms with van der Waals surface area (Å²) >= 11 is 0. The number of hydrogen-bond donors (Lipinski definition) is 3. The Morgan fingerprint density at radius 3 is 0.838 bits per heavy atom. The molecule has 0 aliphatic heterocycles. The van der Waals surface area contributed by atoms with Gasteiger partial charge in [-0.05, 0) is 71.9 Å². The molecule has 0 fully saturated rings. The molecule has 3 N–H and O–H groups in total. The van der Waals surface area contributed by atoms with Crippen LogP contribution in [0, 0.1) is 0 Å². The number of hydrogen-bond acceptors (Lipinski definition) is 3. The Hall–Kier alpha value is -4.77. The van der Waals surface area contributed by atoms with E-state index in [0.29, 0.717) is 6.42 Å². The number of benzene rings is 3. The lowest BCUT2D eigenvalue weighted by molar-refractivity contribution is -0.378. The molecule has 0 bridgehead atoms. The lowest BCUT2D eigenvalue weighted by Gasteiger charge is -2.36. The van der Waals surface area contributed by atoms with E-state index in [1.54, 1.807) is 6.92 Å². The Labute approximate surface area is 427 Å². The van der Waals surface area contributed by atoms with Gasteiger partial charge in [0.1, 0.15) is 0 Å². The highest BCUT2D eigenvalue weighted by molar-refractivity contribution is 5.51. The van der Waals surface area contributed by atoms with Gasteiger partial charge in [0.05, 0.1) is 27.8 Å². The second kappa shape index (κ2) is 23.1. The van der Waals surface area contributed by atoms with Crippen LogP contribution in [-0.4, -0.2) is 52.4 Å². The van der Waals surface area contributed by atoms with Gasteiger partial charge in [-0.2, -0.15) is 145 Å². The molecule has 0 amide bonds. The molecule has 3 nitrogen and oxygen atoms in total. The minimum absolute atomic E-state index is 0.0330. The van der Waals surface area contributed by atoms with Crippen LogP contribution in [0.25, 0.3) is 0 Å². The fourth-order valence-electron chi connectivity index (χ4n) is 7.20. The molecule has 0 radical (unpaired) electrons. The van der Waals surface area contributed by atoms with Gasteiger partial charge in [0, 0.05) is 16.7 Å². The van der Waals surface area contributed by atoms with Crippen LogP contribution in [0.5, 0.6) is 0 Å². The van der Waals surface area contributed by atoms with Crippen molar-refractivity contribution in [3.63, 3.8) is 0 Å². The van der Waals surface area contributed by atoms with E-state index in [0.717, 1.165) is 19.9 Å². The fraction of sp³-hybridized carbons (Fsp3) is 0.591. The molecule has 3 unspecified atom stereocenters. The van der Waals surface area contributed by atoms with E-state index in [-0.39, 0.29) is 48.7 Å². The molecule has 80 heavy (non-hydrogen) atoms. The third-order valence-corrected chi connectivity index (χ3v) is 12.0. The maximum atomic E-state index is 13.4. The molecular weight excluding hydrogens is 1200 g/mol. The largest absolute Gasteiger partial charge is 0.430 e. The molecule has 3 aromatic rings. The molecule has 0 spiro atoms. The predicted molar refractivity (Wildman–Crippen MR) is 208 cm³/mol. The average molecular weight is 1240 g/mol. The maximum Gasteiger partial charge on any atom is 0.430 e. The van der Waals surface area contributed by atoms with E-state index in [2.05, 4.69) is 0 Å². The van der Waals surface area contributed by atoms with Gasteiger partial charge < -0.3 is 15.3 Å². The molecule has 3 rings (SSSR count). The predicted octanol–water partition coefficient (Wildman–Crippen LogP) is 18.6. The van der Waals surface area contributed by atoms with Crippen LogP contribution in [0.3, 0.4) is 0 Å². The first kappa shape index (κ1) is 73.2. The molecule has 36 heteroatoms. The zero-order valence-corrected chi connectivity index (χ0v) is 40.2. The van der Waals surface area contributed by atoms with Crippen molar-refractivity contribution in [3.8, 4) is 0 Å². The third-order valence-electron chi connectivity index (χ3n) is 12.0. The minimum Gasteiger partial charge on any atom is -0.369 e. The van der Waals surface area contributed by atoms with Crippen LogP contribution in [0.15, 0.2) is 42.5 Å². The van der Waals surface area contributed by atoms with Crippen molar-refractivity contribution in [1.29, 1.82) is 0 Å². The first-order valence-corrected chi connectivity index (χ1v) is 21.4. The van der Waals surface area contributed by atoms with Crippen molar-refractivity contribution < 1.29 is 160 Å². The van der Waals surface area contributed by atoms with Crippen molar-refractivity contribution in [2.24, 2.45) is 0 Å². The second-order valence-corrected chi connectivity index (χ2v) is 17.3. The summed E-state index contributed by atoms with van der Waals surface area (Å²) in [5.41, 5.74) is -42.6. The monoisotopic (exact) mass is 1240 g/mol. The molecule has 0 saturated carbocycles. The zero-order chi connectivity index (χ0) is 64.2. The fourth-order valence-corrected chi connectivity index (χ4v) is 7.20. The summed E-state index contributed by atoms with van der Waals surface area (Å²) in [6, 6.07) is 0.172. The zero-order valence-electron chi connectivity index (χ0n) is 40.2. The highest BCUT2D eigenvalue weighted by Gasteiger charge is 2.76. The average Bonchev–Trinajstić information content (AvgIpc) is 3.25. The summed E-state index contributed by atoms with van der Waals surface area (Å²) in [6.07, 6.45) is -70.0. The molecule has 3 atom stereocenters. The standard InChI is InChI=1S/2C15H12F12O.C14H13F9O/c1-3-6(2)7-4-8(12(16,17)18)10(9(5-7)13(19,20)21)11(28,14(22,23)24)15(25,26)27;1-3-6(2)7-4-5-8(11(28,14(22,23)24)15(25,26)27)10(13(19,20)21)9(7)12(16,17)18;1-3-7(2)8-4-5-9(10(6-8)12(15,16)17)11(24,13(18,19)20)14(21,22)23/h2*4-6,28H,3H2,1-2H3;4-7,24H,3H2,1-2H3. The summed E-state index contributed by atoms with van der Waals surface area (Å²) in [6.45, 7) is 7.80. The molecule has 0 saturated heterocycles. The van der Waals surface area contributed by atoms with E-state index in [4.69, 9.17) is 0 Å². The molecule has 3 aromatic carbocycles. The highest BCUT2D eigenvalue weighted by Crippen LogP contribution is 2.59. The third kappa shape index (κ3) is 14.7. The van der Waals surface area contributed by atoms with Crippen molar-refractivity contribution in [2.75, 3.05) is 0 Å². The van der Waals surface area contributed by atoms with E-state index < -0.39 is 164 Å². The lowest BCUT2D eigenvalue weighted by atomic mass is 9.81. The van der Waals surface area contributed by atoms with Gasteiger partial charge in [0.15, 0.2) is 0 Å². The summed E-state index contributed by atoms with van der Waals surface area (Å²) in [7, 11) is 0. The lowest BCUT2D eigenvalue weighted by Crippen LogP contribution is -2.55. The SMILES string of the molecule is CCC(C)c1cc(C(F)(F)F)c(C(O)(C(F)(F)F)C(F)(F)F)c(C(F)(F)F)c1.CCC(C)c1ccc(C(O)(C(F)(F)F)C(F)(F)F)c(C(F)(F)F)c1.CCC(C)c1ccc(C(O)(C(F)(F)F)C(F)(F)F)c(C(F)(F)F)c1C(F)(F)F. The first-order chi connectivity index (χ1) is 35.0. The van der Waals surface area contributed by atoms with Gasteiger partial charge in [-0.15, -0.1) is 0 Å². The Balaban J connectivity index is 0.000000602. The normalized spacial score (nSPS) is 15.6. The van der Waals surface area contributed by atoms with E-state index >= 15 is 0 Å². The Morgan fingerprint density at radius 1 is 0.287 bits per heavy atom. The topological polar surface area (TPSA) is 60.7 Å². The molecule has 0 aliphatic carbocycles. The highest BCUT2D eigenvalue weighted by atomic mass is 19.5.